The first-order valence-corrected chi connectivity index (χ1v) is 10.1. The molecule has 0 aromatic carbocycles. The fourth-order valence-electron chi connectivity index (χ4n) is 4.14. The van der Waals surface area contributed by atoms with Crippen molar-refractivity contribution in [3.63, 3.8) is 0 Å². The maximum Gasteiger partial charge on any atom is 0.117 e. The molecule has 0 saturated carbocycles. The van der Waals surface area contributed by atoms with Crippen LogP contribution in [0.15, 0.2) is 34.9 Å². The molecule has 4 heterocycles. The van der Waals surface area contributed by atoms with E-state index in [0.717, 1.165) is 57.8 Å². The molecule has 0 bridgehead atoms. The average Bonchev–Trinajstić information content (AvgIpc) is 3.33. The molecule has 0 N–H and O–H groups in total. The van der Waals surface area contributed by atoms with E-state index in [-0.39, 0.29) is 5.60 Å². The summed E-state index contributed by atoms with van der Waals surface area (Å²) in [6.07, 6.45) is 5.21. The Hall–Kier alpha value is -1.14. The third kappa shape index (κ3) is 4.00. The lowest BCUT2D eigenvalue weighted by atomic mass is 9.87. The van der Waals surface area contributed by atoms with Crippen LogP contribution in [0.3, 0.4) is 0 Å². The van der Waals surface area contributed by atoms with Gasteiger partial charge in [0.2, 0.25) is 0 Å². The average molecular weight is 361 g/mol. The first-order valence-electron chi connectivity index (χ1n) is 9.26. The van der Waals surface area contributed by atoms with Crippen LogP contribution < -0.4 is 0 Å². The molecule has 1 atom stereocenters. The summed E-state index contributed by atoms with van der Waals surface area (Å²) in [5.74, 6) is 1.03. The first kappa shape index (κ1) is 17.3. The van der Waals surface area contributed by atoms with Gasteiger partial charge in [0.15, 0.2) is 0 Å². The first-order chi connectivity index (χ1) is 12.1. The molecular formula is C20H28N2O2S. The summed E-state index contributed by atoms with van der Waals surface area (Å²) < 4.78 is 11.8. The van der Waals surface area contributed by atoms with Crippen molar-refractivity contribution in [2.24, 2.45) is 0 Å². The summed E-state index contributed by atoms with van der Waals surface area (Å²) in [4.78, 5) is 7.86. The summed E-state index contributed by atoms with van der Waals surface area (Å²) in [5, 5.41) is 0. The summed E-state index contributed by atoms with van der Waals surface area (Å²) in [5.41, 5.74) is 0.101. The number of aryl methyl sites for hydroxylation is 1. The highest BCUT2D eigenvalue weighted by Crippen LogP contribution is 2.38. The number of hydrogen-bond acceptors (Lipinski definition) is 5. The van der Waals surface area contributed by atoms with Gasteiger partial charge in [0.25, 0.3) is 0 Å². The summed E-state index contributed by atoms with van der Waals surface area (Å²) >= 11 is 1.92. The number of likely N-dealkylation sites (N-methyl/N-ethyl adjacent to an activating group) is 1. The van der Waals surface area contributed by atoms with E-state index in [9.17, 15) is 0 Å². The minimum atomic E-state index is 0.101. The van der Waals surface area contributed by atoms with Crippen LogP contribution in [-0.2, 0) is 17.8 Å². The second kappa shape index (κ2) is 7.23. The van der Waals surface area contributed by atoms with Gasteiger partial charge in [-0.3, -0.25) is 9.80 Å². The van der Waals surface area contributed by atoms with Crippen molar-refractivity contribution in [2.45, 2.75) is 50.9 Å². The van der Waals surface area contributed by atoms with Gasteiger partial charge in [-0.05, 0) is 57.5 Å². The van der Waals surface area contributed by atoms with E-state index in [2.05, 4.69) is 35.9 Å². The smallest absolute Gasteiger partial charge is 0.117 e. The minimum Gasteiger partial charge on any atom is -0.468 e. The lowest BCUT2D eigenvalue weighted by molar-refractivity contribution is -0.0451. The van der Waals surface area contributed by atoms with Crippen molar-refractivity contribution in [2.75, 3.05) is 26.7 Å². The van der Waals surface area contributed by atoms with Gasteiger partial charge in [-0.25, -0.2) is 0 Å². The lowest BCUT2D eigenvalue weighted by Gasteiger charge is -2.38. The Balaban J connectivity index is 1.28. The van der Waals surface area contributed by atoms with E-state index >= 15 is 0 Å². The van der Waals surface area contributed by atoms with Crippen molar-refractivity contribution >= 4 is 11.3 Å². The largest absolute Gasteiger partial charge is 0.468 e. The number of likely N-dealkylation sites (tertiary alicyclic amines) is 1. The van der Waals surface area contributed by atoms with Crippen molar-refractivity contribution in [1.82, 2.24) is 9.80 Å². The topological polar surface area (TPSA) is 28.9 Å². The third-order valence-corrected chi connectivity index (χ3v) is 6.73. The van der Waals surface area contributed by atoms with Gasteiger partial charge in [0, 0.05) is 35.4 Å². The SMILES string of the molecule is Cc1ccc(CN2CCC3(CC2)CC(N(C)Cc2ccco2)CO3)s1. The highest BCUT2D eigenvalue weighted by Gasteiger charge is 2.43. The fourth-order valence-corrected chi connectivity index (χ4v) is 5.07. The Labute approximate surface area is 154 Å². The predicted molar refractivity (Wildman–Crippen MR) is 101 cm³/mol. The minimum absolute atomic E-state index is 0.101. The van der Waals surface area contributed by atoms with Gasteiger partial charge in [0.05, 0.1) is 25.0 Å². The van der Waals surface area contributed by atoms with E-state index in [1.807, 2.05) is 23.5 Å². The highest BCUT2D eigenvalue weighted by molar-refractivity contribution is 7.11. The molecule has 0 aliphatic carbocycles. The van der Waals surface area contributed by atoms with Crippen molar-refractivity contribution in [3.05, 3.63) is 46.0 Å². The Morgan fingerprint density at radius 2 is 2.12 bits per heavy atom. The van der Waals surface area contributed by atoms with Crippen LogP contribution in [0, 0.1) is 6.92 Å². The molecule has 2 aliphatic rings. The van der Waals surface area contributed by atoms with E-state index in [1.165, 1.54) is 9.75 Å². The van der Waals surface area contributed by atoms with Crippen LogP contribution in [-0.4, -0.2) is 48.2 Å². The van der Waals surface area contributed by atoms with Crippen LogP contribution in [0.25, 0.3) is 0 Å². The van der Waals surface area contributed by atoms with Crippen LogP contribution >= 0.6 is 11.3 Å². The number of piperidine rings is 1. The molecule has 2 aliphatic heterocycles. The molecule has 4 rings (SSSR count). The number of furan rings is 1. The summed E-state index contributed by atoms with van der Waals surface area (Å²) in [6, 6.07) is 9.01. The quantitative estimate of drug-likeness (QED) is 0.808. The fraction of sp³-hybridized carbons (Fsp3) is 0.600. The molecule has 5 heteroatoms. The maximum atomic E-state index is 6.34. The normalized spacial score (nSPS) is 23.7. The van der Waals surface area contributed by atoms with Gasteiger partial charge in [-0.2, -0.15) is 0 Å². The summed E-state index contributed by atoms with van der Waals surface area (Å²) in [7, 11) is 2.18. The van der Waals surface area contributed by atoms with Crippen molar-refractivity contribution in [1.29, 1.82) is 0 Å². The van der Waals surface area contributed by atoms with E-state index < -0.39 is 0 Å². The molecule has 4 nitrogen and oxygen atoms in total. The molecule has 2 aromatic heterocycles. The molecule has 136 valence electrons. The number of rotatable bonds is 5. The van der Waals surface area contributed by atoms with E-state index in [1.54, 1.807) is 6.26 Å². The molecule has 0 radical (unpaired) electrons. The number of nitrogens with zero attached hydrogens (tertiary/aromatic N) is 2. The molecule has 1 spiro atoms. The molecule has 25 heavy (non-hydrogen) atoms. The van der Waals surface area contributed by atoms with E-state index in [0.29, 0.717) is 6.04 Å². The standard InChI is InChI=1S/C20H28N2O2S/c1-16-5-6-19(25-16)14-22-9-7-20(8-10-22)12-17(15-24-20)21(2)13-18-4-3-11-23-18/h3-6,11,17H,7-10,12-15H2,1-2H3. The second-order valence-corrected chi connectivity index (χ2v) is 9.01. The van der Waals surface area contributed by atoms with Gasteiger partial charge in [-0.15, -0.1) is 11.3 Å². The van der Waals surface area contributed by atoms with Crippen LogP contribution in [0.4, 0.5) is 0 Å². The van der Waals surface area contributed by atoms with Crippen LogP contribution in [0.1, 0.15) is 34.8 Å². The molecule has 2 fully saturated rings. The lowest BCUT2D eigenvalue weighted by Crippen LogP contribution is -2.44. The Kier molecular flexibility index (Phi) is 5.00. The van der Waals surface area contributed by atoms with Gasteiger partial charge < -0.3 is 9.15 Å². The van der Waals surface area contributed by atoms with Gasteiger partial charge in [0.1, 0.15) is 5.76 Å². The molecule has 1 unspecified atom stereocenters. The van der Waals surface area contributed by atoms with Gasteiger partial charge in [-0.1, -0.05) is 0 Å². The maximum absolute atomic E-state index is 6.34. The zero-order chi connectivity index (χ0) is 17.3. The highest BCUT2D eigenvalue weighted by atomic mass is 32.1. The van der Waals surface area contributed by atoms with Crippen LogP contribution in [0.2, 0.25) is 0 Å². The van der Waals surface area contributed by atoms with Gasteiger partial charge >= 0.3 is 0 Å². The molecule has 0 amide bonds. The van der Waals surface area contributed by atoms with Crippen LogP contribution in [0.5, 0.6) is 0 Å². The monoisotopic (exact) mass is 360 g/mol. The third-order valence-electron chi connectivity index (χ3n) is 5.74. The van der Waals surface area contributed by atoms with Crippen molar-refractivity contribution in [3.8, 4) is 0 Å². The van der Waals surface area contributed by atoms with E-state index in [4.69, 9.17) is 9.15 Å². The molecule has 2 aromatic rings. The van der Waals surface area contributed by atoms with Crippen molar-refractivity contribution < 1.29 is 9.15 Å². The molecule has 2 saturated heterocycles. The molecular weight excluding hydrogens is 332 g/mol. The zero-order valence-corrected chi connectivity index (χ0v) is 16.1. The predicted octanol–water partition coefficient (Wildman–Crippen LogP) is 3.91. The Morgan fingerprint density at radius 1 is 1.28 bits per heavy atom. The second-order valence-electron chi connectivity index (χ2n) is 7.63. The zero-order valence-electron chi connectivity index (χ0n) is 15.2. The number of ether oxygens (including phenoxy) is 1. The number of thiophene rings is 1. The Morgan fingerprint density at radius 3 is 2.80 bits per heavy atom. The Bertz CT molecular complexity index is 674. The number of hydrogen-bond donors (Lipinski definition) is 0. The summed E-state index contributed by atoms with van der Waals surface area (Å²) in [6.45, 7) is 7.28.